The fourth-order valence-electron chi connectivity index (χ4n) is 22.2. The lowest BCUT2D eigenvalue weighted by molar-refractivity contribution is -0.120. The Kier molecular flexibility index (Phi) is 36.5. The lowest BCUT2D eigenvalue weighted by Crippen LogP contribution is -2.16. The number of nitrogens with zero attached hydrogens (tertiary/aromatic N) is 15. The molecule has 0 aliphatic heterocycles. The minimum atomic E-state index is -0.190. The van der Waals surface area contributed by atoms with Crippen LogP contribution in [0.15, 0.2) is 238 Å². The van der Waals surface area contributed by atoms with Crippen molar-refractivity contribution in [3.05, 3.63) is 328 Å². The van der Waals surface area contributed by atoms with Gasteiger partial charge in [-0.2, -0.15) is 20.4 Å². The third-order valence-corrected chi connectivity index (χ3v) is 29.7. The lowest BCUT2D eigenvalue weighted by atomic mass is 9.84. The van der Waals surface area contributed by atoms with Gasteiger partial charge >= 0.3 is 0 Å². The van der Waals surface area contributed by atoms with E-state index in [4.69, 9.17) is 29.1 Å². The van der Waals surface area contributed by atoms with Crippen LogP contribution in [0, 0.1) is 102 Å². The largest absolute Gasteiger partial charge is 0.385 e. The number of hydrogen-bond donors (Lipinski definition) is 0. The number of pyridine rings is 1. The number of ether oxygens (including phenoxy) is 4. The third-order valence-electron chi connectivity index (χ3n) is 29.7. The highest BCUT2D eigenvalue weighted by molar-refractivity contribution is 5.84. The first-order chi connectivity index (χ1) is 68.9. The van der Waals surface area contributed by atoms with Gasteiger partial charge in [0.25, 0.3) is 0 Å². The van der Waals surface area contributed by atoms with Gasteiger partial charge < -0.3 is 18.9 Å². The second kappa shape index (κ2) is 50.1. The molecule has 4 aliphatic carbocycles. The topological polar surface area (TPSA) is 267 Å². The molecule has 18 rings (SSSR count). The molecule has 8 heterocycles. The summed E-state index contributed by atoms with van der Waals surface area (Å²) in [5.74, 6) is 8.11. The zero-order valence-electron chi connectivity index (χ0n) is 84.8. The van der Waals surface area contributed by atoms with E-state index in [2.05, 4.69) is 136 Å². The summed E-state index contributed by atoms with van der Waals surface area (Å²) in [4.78, 5) is 84.0. The first kappa shape index (κ1) is 103. The zero-order valence-corrected chi connectivity index (χ0v) is 84.8. The number of halogens is 1. The summed E-state index contributed by atoms with van der Waals surface area (Å²) >= 11 is 0. The van der Waals surface area contributed by atoms with Crippen LogP contribution in [0.2, 0.25) is 0 Å². The second-order valence-electron chi connectivity index (χ2n) is 39.7. The van der Waals surface area contributed by atoms with E-state index in [1.54, 1.807) is 70.9 Å². The molecule has 142 heavy (non-hydrogen) atoms. The molecule has 24 heteroatoms. The van der Waals surface area contributed by atoms with Crippen LogP contribution >= 0.6 is 0 Å². The Bertz CT molecular complexity index is 6250. The molecule has 0 bridgehead atoms. The molecule has 23 nitrogen and oxygen atoms in total. The van der Waals surface area contributed by atoms with Crippen LogP contribution in [-0.4, -0.2) is 152 Å². The van der Waals surface area contributed by atoms with Crippen LogP contribution in [-0.2, 0) is 77.9 Å². The Balaban J connectivity index is 0.000000143. The number of Topliss-reactive ketones (excluding diaryl/α,β-unsaturated/α-hetero) is 4. The van der Waals surface area contributed by atoms with Crippen LogP contribution in [0.3, 0.4) is 0 Å². The van der Waals surface area contributed by atoms with Gasteiger partial charge in [0.05, 0.1) is 45.5 Å². The highest BCUT2D eigenvalue weighted by Crippen LogP contribution is 2.51. The molecule has 12 atom stereocenters. The van der Waals surface area contributed by atoms with Gasteiger partial charge in [0, 0.05) is 203 Å². The number of para-hydroxylation sites is 2. The van der Waals surface area contributed by atoms with E-state index in [1.807, 2.05) is 185 Å². The molecule has 6 aromatic carbocycles. The van der Waals surface area contributed by atoms with Crippen LogP contribution in [0.1, 0.15) is 211 Å². The van der Waals surface area contributed by atoms with Crippen LogP contribution < -0.4 is 0 Å². The van der Waals surface area contributed by atoms with Crippen LogP contribution in [0.25, 0.3) is 56.4 Å². The molecule has 4 fully saturated rings. The summed E-state index contributed by atoms with van der Waals surface area (Å²) in [6.07, 6.45) is 29.1. The number of carbonyl (C=O) groups excluding carboxylic acids is 4. The smallest absolute Gasteiger partial charge is 0.139 e. The highest BCUT2D eigenvalue weighted by Gasteiger charge is 2.41. The van der Waals surface area contributed by atoms with E-state index in [0.29, 0.717) is 128 Å². The summed E-state index contributed by atoms with van der Waals surface area (Å²) in [5.41, 5.74) is 21.1. The number of carbonyl (C=O) groups is 4. The molecule has 4 saturated carbocycles. The minimum Gasteiger partial charge on any atom is -0.385 e. The van der Waals surface area contributed by atoms with Crippen LogP contribution in [0.5, 0.6) is 0 Å². The maximum absolute atomic E-state index is 14.1. The zero-order chi connectivity index (χ0) is 99.7. The SMILES string of the molecule is COCC[C@@H]1C[C@@H](CC(=O)Cc2c(C)c(-c3cnc(C)nc3)nn2-c2ccccc2)[C@H](c2ccc(F)c(C)c2)C1.COCC[C@@H]1C[C@@H](CC(=O)Cc2c(C)c(-c3cnc(C)nc3)nn2-c2ccccc2)[C@H](c2ccccc2)C1.COCC[C@@H]1C[C@@H](CC(=O)Cc2cc(-c3ccc(C)nc3)nn2C)[C@H](c2ccccc2)C1.COCC[C@@H]1C[C@@H](CC(=O)Cc2cc(-c3cnc(C)nc3)nn2C)[C@H](c2ccccc2)C1. The molecule has 8 aromatic heterocycles. The number of aromatic nitrogens is 15. The quantitative estimate of drug-likeness (QED) is 0.0348. The molecular weight excluding hydrogens is 1770 g/mol. The van der Waals surface area contributed by atoms with Crippen molar-refractivity contribution in [1.29, 1.82) is 0 Å². The molecule has 0 amide bonds. The van der Waals surface area contributed by atoms with E-state index in [-0.39, 0.29) is 41.4 Å². The first-order valence-corrected chi connectivity index (χ1v) is 50.5. The van der Waals surface area contributed by atoms with E-state index >= 15 is 0 Å². The number of hydrogen-bond acceptors (Lipinski definition) is 19. The van der Waals surface area contributed by atoms with Crippen molar-refractivity contribution in [2.45, 2.75) is 201 Å². The Morgan fingerprint density at radius 1 is 0.331 bits per heavy atom. The Hall–Kier alpha value is -13.0. The van der Waals surface area contributed by atoms with Gasteiger partial charge in [-0.1, -0.05) is 140 Å². The lowest BCUT2D eigenvalue weighted by Gasteiger charge is -2.20. The molecule has 0 N–H and O–H groups in total. The van der Waals surface area contributed by atoms with Crippen molar-refractivity contribution in [3.63, 3.8) is 0 Å². The Labute approximate surface area is 836 Å². The van der Waals surface area contributed by atoms with Gasteiger partial charge in [-0.25, -0.2) is 43.7 Å². The standard InChI is InChI=1S/C33H37FN4O2.C32H36N4O2.C27H33N3O2.C26H32N4O2/c1-21-14-25(10-11-31(21)34)30-16-24(12-13-40-4)15-26(30)17-29(39)18-32-22(2)33(27-19-35-23(3)36-20-27)37-38(32)28-8-6-5-7-9-28;1-22-31(36(28-12-8-5-9-13-28)35-32(22)27-20-33-23(2)34-21-27)19-29(37)18-26-16-24(14-15-38-3)17-30(26)25-10-6-4-7-11-25;1-19-9-10-22(18-28-19)27-17-24(30(2)29-27)16-25(31)15-23-13-20(11-12-32-3)14-26(23)21-7-5-4-6-8-21;1-18-27-16-22(17-28-18)26-15-23(30(2)29-26)14-24(31)13-21-11-19(9-10-32-3)12-25(21)20-7-5-4-6-8-20/h5-11,14,19-20,24,26,30H,12-13,15-18H2,1-4H3;4-13,20-21,24,26,30H,14-19H2,1-3H3;4-10,17-18,20,23,26H,11-16H2,1-3H3;4-8,15-17,19,21,25H,9-14H2,1-3H3/t2*24-,26+,30+;20-,23+,26+;19-,21+,25+/m1111/s1. The number of benzene rings is 6. The van der Waals surface area contributed by atoms with E-state index < -0.39 is 0 Å². The van der Waals surface area contributed by atoms with Gasteiger partial charge in [0.1, 0.15) is 46.4 Å². The van der Waals surface area contributed by atoms with Gasteiger partial charge in [-0.05, 0) is 290 Å². The molecule has 0 radical (unpaired) electrons. The van der Waals surface area contributed by atoms with Crippen molar-refractivity contribution in [3.8, 4) is 56.4 Å². The molecule has 4 aliphatic rings. The normalized spacial score (nSPS) is 19.6. The van der Waals surface area contributed by atoms with E-state index in [1.165, 1.54) is 16.7 Å². The van der Waals surface area contributed by atoms with Crippen molar-refractivity contribution < 1.29 is 42.5 Å². The van der Waals surface area contributed by atoms with Gasteiger partial charge in [0.2, 0.25) is 0 Å². The average molecular weight is 1910 g/mol. The second-order valence-corrected chi connectivity index (χ2v) is 39.7. The summed E-state index contributed by atoms with van der Waals surface area (Å²) in [6.45, 7) is 16.5. The third kappa shape index (κ3) is 27.3. The number of rotatable bonds is 38. The van der Waals surface area contributed by atoms with Crippen molar-refractivity contribution in [1.82, 2.24) is 74.0 Å². The van der Waals surface area contributed by atoms with Crippen molar-refractivity contribution >= 4 is 23.1 Å². The summed E-state index contributed by atoms with van der Waals surface area (Å²) in [5, 5.41) is 19.1. The minimum absolute atomic E-state index is 0.188. The average Bonchev–Trinajstić information content (AvgIpc) is 1.63. The van der Waals surface area contributed by atoms with Crippen LogP contribution in [0.4, 0.5) is 4.39 Å². The number of methoxy groups -OCH3 is 4. The van der Waals surface area contributed by atoms with E-state index in [9.17, 15) is 23.6 Å². The first-order valence-electron chi connectivity index (χ1n) is 50.5. The van der Waals surface area contributed by atoms with E-state index in [0.717, 1.165) is 210 Å². The summed E-state index contributed by atoms with van der Waals surface area (Å²) < 4.78 is 42.9. The summed E-state index contributed by atoms with van der Waals surface area (Å²) in [7, 11) is 10.8. The Morgan fingerprint density at radius 3 is 0.965 bits per heavy atom. The molecular formula is C118H138FN15O8. The summed E-state index contributed by atoms with van der Waals surface area (Å²) in [6, 6.07) is 65.4. The maximum Gasteiger partial charge on any atom is 0.139 e. The Morgan fingerprint density at radius 2 is 0.641 bits per heavy atom. The van der Waals surface area contributed by atoms with Crippen molar-refractivity contribution in [2.24, 2.45) is 61.4 Å². The van der Waals surface area contributed by atoms with Gasteiger partial charge in [-0.15, -0.1) is 0 Å². The van der Waals surface area contributed by atoms with Gasteiger partial charge in [-0.3, -0.25) is 33.5 Å². The fourth-order valence-corrected chi connectivity index (χ4v) is 22.2. The number of aryl methyl sites for hydroxylation is 7. The van der Waals surface area contributed by atoms with Crippen molar-refractivity contribution in [2.75, 3.05) is 54.9 Å². The molecule has 740 valence electrons. The molecule has 0 saturated heterocycles. The molecule has 0 spiro atoms. The molecule has 0 unspecified atom stereocenters. The predicted octanol–water partition coefficient (Wildman–Crippen LogP) is 22.7. The molecule has 14 aromatic rings. The number of ketones is 4. The van der Waals surface area contributed by atoms with Gasteiger partial charge in [0.15, 0.2) is 0 Å². The monoisotopic (exact) mass is 1910 g/mol. The fraction of sp³-hybridized carbons (Fsp3) is 0.415. The highest BCUT2D eigenvalue weighted by atomic mass is 19.1. The predicted molar refractivity (Wildman–Crippen MR) is 554 cm³/mol. The maximum atomic E-state index is 14.1.